The van der Waals surface area contributed by atoms with Gasteiger partial charge in [0.15, 0.2) is 5.82 Å². The van der Waals surface area contributed by atoms with Crippen LogP contribution in [0.1, 0.15) is 26.3 Å². The summed E-state index contributed by atoms with van der Waals surface area (Å²) in [6.07, 6.45) is 8.04. The summed E-state index contributed by atoms with van der Waals surface area (Å²) in [5.41, 5.74) is 0.270. The molecule has 0 saturated heterocycles. The maximum atomic E-state index is 15.4. The van der Waals surface area contributed by atoms with E-state index in [1.165, 1.54) is 23.4 Å². The molecule has 1 heterocycles. The normalized spacial score (nSPS) is 11.3. The van der Waals surface area contributed by atoms with Crippen LogP contribution in [0, 0.1) is 38.7 Å². The molecule has 1 amide bonds. The first kappa shape index (κ1) is 38.4. The number of aromatic nitrogens is 2. The van der Waals surface area contributed by atoms with Gasteiger partial charge in [0.25, 0.3) is 0 Å². The smallest absolute Gasteiger partial charge is 0.577 e. The fourth-order valence-electron chi connectivity index (χ4n) is 3.54. The van der Waals surface area contributed by atoms with Gasteiger partial charge in [-0.2, -0.15) is 12.1 Å². The fourth-order valence-corrected chi connectivity index (χ4v) is 3.54. The molecule has 0 aliphatic heterocycles. The van der Waals surface area contributed by atoms with Gasteiger partial charge in [-0.05, 0) is 57.3 Å². The number of ether oxygens (including phenoxy) is 3. The molecule has 44 heavy (non-hydrogen) atoms. The van der Waals surface area contributed by atoms with Crippen LogP contribution in [0.3, 0.4) is 0 Å². The van der Waals surface area contributed by atoms with Crippen molar-refractivity contribution >= 4 is 41.1 Å². The van der Waals surface area contributed by atoms with Crippen molar-refractivity contribution in [3.8, 4) is 11.5 Å². The van der Waals surface area contributed by atoms with Crippen LogP contribution in [0.25, 0.3) is 16.3 Å². The number of halogens is 1. The number of anilines is 2. The van der Waals surface area contributed by atoms with Crippen molar-refractivity contribution in [2.24, 2.45) is 4.99 Å². The SMILES string of the molecule is [CH-]=C/C(=C\[C-]=NC=[N-])Oc1ccc(Nc2ncnc3cc[c-]c(OC[CH-]CN(C[CH2-])C(=O)OC(C)(C)C)c23)c(F)c1C.[Li+].[Li+]. The Hall–Kier alpha value is -3.61. The number of hydrogen-bond donors (Lipinski definition) is 1. The quantitative estimate of drug-likeness (QED) is 0.0575. The Kier molecular flexibility index (Phi) is 15.9. The minimum atomic E-state index is -0.621. The molecule has 3 rings (SSSR count). The fraction of sp³-hybridized carbons (Fsp3) is 0.258. The van der Waals surface area contributed by atoms with Crippen molar-refractivity contribution in [2.45, 2.75) is 33.3 Å². The first-order chi connectivity index (χ1) is 20.1. The van der Waals surface area contributed by atoms with Gasteiger partial charge in [0.05, 0.1) is 11.5 Å². The number of nitrogens with one attached hydrogen (secondary N) is 1. The topological polar surface area (TPSA) is 120 Å². The van der Waals surface area contributed by atoms with Crippen molar-refractivity contribution in [3.05, 3.63) is 91.3 Å². The first-order valence-electron chi connectivity index (χ1n) is 12.8. The molecule has 222 valence electrons. The van der Waals surface area contributed by atoms with Gasteiger partial charge < -0.3 is 41.8 Å². The van der Waals surface area contributed by atoms with Crippen molar-refractivity contribution in [1.82, 2.24) is 14.9 Å². The van der Waals surface area contributed by atoms with Crippen LogP contribution in [-0.2, 0) is 4.74 Å². The van der Waals surface area contributed by atoms with E-state index in [0.29, 0.717) is 28.8 Å². The van der Waals surface area contributed by atoms with E-state index in [4.69, 9.17) is 26.2 Å². The zero-order chi connectivity index (χ0) is 30.7. The van der Waals surface area contributed by atoms with E-state index in [1.807, 2.05) is 0 Å². The maximum Gasteiger partial charge on any atom is 1.00 e. The third-order valence-corrected chi connectivity index (χ3v) is 5.50. The van der Waals surface area contributed by atoms with Crippen molar-refractivity contribution in [2.75, 3.05) is 25.0 Å². The molecule has 1 N–H and O–H groups in total. The average Bonchev–Trinajstić information content (AvgIpc) is 2.95. The van der Waals surface area contributed by atoms with Crippen LogP contribution >= 0.6 is 0 Å². The van der Waals surface area contributed by atoms with Gasteiger partial charge in [-0.1, -0.05) is 0 Å². The van der Waals surface area contributed by atoms with Crippen LogP contribution in [0.4, 0.5) is 20.7 Å². The minimum absolute atomic E-state index is 0. The summed E-state index contributed by atoms with van der Waals surface area (Å²) in [5, 5.41) is 12.1. The van der Waals surface area contributed by atoms with E-state index in [-0.39, 0.29) is 80.2 Å². The third-order valence-electron chi connectivity index (χ3n) is 5.50. The standard InChI is InChI=1S/C31H31FN6O4.2Li/c1-7-22(15-16-34-19-33)41-25-14-13-24(28(32)21(25)3)37-29-27-23(35-20-36-29)11-9-12-26(27)40-18-10-17-38(8-2)30(39)42-31(4,5)6;;/h1,7,9-11,13-15,19-20H,2,8,17-18H2,3-6H3,(H,35,36,37);;/q-6;2*+1/b22-15+;;. The molecule has 0 fully saturated rings. The monoisotopic (exact) mass is 584 g/mol. The molecule has 0 saturated carbocycles. The summed E-state index contributed by atoms with van der Waals surface area (Å²) in [4.78, 5) is 25.8. The summed E-state index contributed by atoms with van der Waals surface area (Å²) in [6.45, 7) is 16.9. The second kappa shape index (κ2) is 18.3. The Balaban J connectivity index is 0.00000484. The molecular formula is C31H31FLi2N6O4-4. The van der Waals surface area contributed by atoms with Gasteiger partial charge in [0, 0.05) is 17.1 Å². The molecule has 0 unspecified atom stereocenters. The Labute approximate surface area is 282 Å². The predicted octanol–water partition coefficient (Wildman–Crippen LogP) is 0.0808. The number of benzene rings is 2. The van der Waals surface area contributed by atoms with Crippen LogP contribution in [-0.4, -0.2) is 58.8 Å². The molecule has 10 nitrogen and oxygen atoms in total. The Morgan fingerprint density at radius 3 is 2.73 bits per heavy atom. The number of fused-ring (bicyclic) bond motifs is 1. The number of amides is 1. The number of carbonyl (C=O) groups excluding carboxylic acids is 1. The van der Waals surface area contributed by atoms with Crippen LogP contribution in [0.2, 0.25) is 0 Å². The van der Waals surface area contributed by atoms with E-state index in [0.717, 1.165) is 6.08 Å². The number of allylic oxidation sites excluding steroid dienone is 2. The van der Waals surface area contributed by atoms with Crippen LogP contribution in [0.15, 0.2) is 53.5 Å². The van der Waals surface area contributed by atoms with E-state index in [2.05, 4.69) is 39.5 Å². The molecule has 0 bridgehead atoms. The minimum Gasteiger partial charge on any atom is -0.577 e. The van der Waals surface area contributed by atoms with Gasteiger partial charge in [0.2, 0.25) is 0 Å². The number of carbonyl (C=O) groups is 1. The molecule has 0 atom stereocenters. The first-order valence-corrected chi connectivity index (χ1v) is 12.8. The van der Waals surface area contributed by atoms with E-state index in [1.54, 1.807) is 52.3 Å². The summed E-state index contributed by atoms with van der Waals surface area (Å²) >= 11 is 0. The van der Waals surface area contributed by atoms with Crippen molar-refractivity contribution < 1.29 is 61.1 Å². The second-order valence-corrected chi connectivity index (χ2v) is 9.68. The molecule has 0 spiro atoms. The van der Waals surface area contributed by atoms with E-state index < -0.39 is 17.5 Å². The number of rotatable bonds is 13. The van der Waals surface area contributed by atoms with Crippen molar-refractivity contribution in [3.63, 3.8) is 0 Å². The molecular weight excluding hydrogens is 553 g/mol. The van der Waals surface area contributed by atoms with Gasteiger partial charge >= 0.3 is 43.8 Å². The molecule has 0 aliphatic rings. The van der Waals surface area contributed by atoms with Gasteiger partial charge in [-0.3, -0.25) is 18.0 Å². The summed E-state index contributed by atoms with van der Waals surface area (Å²) in [7, 11) is 0. The van der Waals surface area contributed by atoms with E-state index in [9.17, 15) is 4.79 Å². The summed E-state index contributed by atoms with van der Waals surface area (Å²) < 4.78 is 32.4. The predicted molar refractivity (Wildman–Crippen MR) is 160 cm³/mol. The zero-order valence-corrected chi connectivity index (χ0v) is 25.8. The summed E-state index contributed by atoms with van der Waals surface area (Å²) in [6, 6.07) is 9.48. The number of aliphatic imine (C=N–C) groups is 1. The largest absolute Gasteiger partial charge is 1.00 e. The average molecular weight is 585 g/mol. The van der Waals surface area contributed by atoms with Crippen LogP contribution < -0.4 is 52.5 Å². The Bertz CT molecular complexity index is 1490. The molecule has 0 aliphatic carbocycles. The molecule has 0 radical (unpaired) electrons. The Morgan fingerprint density at radius 1 is 1.32 bits per heavy atom. The zero-order valence-electron chi connectivity index (χ0n) is 25.8. The molecule has 2 aromatic carbocycles. The number of hydrogen-bond acceptors (Lipinski definition) is 7. The number of nitrogens with zero attached hydrogens (tertiary/aromatic N) is 5. The van der Waals surface area contributed by atoms with Gasteiger partial charge in [-0.25, -0.2) is 26.7 Å². The van der Waals surface area contributed by atoms with Gasteiger partial charge in [0.1, 0.15) is 17.7 Å². The molecule has 1 aromatic heterocycles. The van der Waals surface area contributed by atoms with Crippen molar-refractivity contribution in [1.29, 1.82) is 0 Å². The summed E-state index contributed by atoms with van der Waals surface area (Å²) in [5.74, 6) is 0.416. The van der Waals surface area contributed by atoms with E-state index >= 15 is 4.39 Å². The molecule has 3 aromatic rings. The van der Waals surface area contributed by atoms with Crippen LogP contribution in [0.5, 0.6) is 11.5 Å². The second-order valence-electron chi connectivity index (χ2n) is 9.68. The molecule has 13 heteroatoms. The van der Waals surface area contributed by atoms with Gasteiger partial charge in [-0.15, -0.1) is 31.3 Å². The Morgan fingerprint density at radius 2 is 2.07 bits per heavy atom. The third kappa shape index (κ3) is 10.8. The maximum absolute atomic E-state index is 15.4.